The summed E-state index contributed by atoms with van der Waals surface area (Å²) in [6.07, 6.45) is 1.33. The van der Waals surface area contributed by atoms with Crippen molar-refractivity contribution in [3.8, 4) is 0 Å². The Bertz CT molecular complexity index is 91.8. The fourth-order valence-corrected chi connectivity index (χ4v) is 5.36. The molecule has 2 atom stereocenters. The van der Waals surface area contributed by atoms with Crippen molar-refractivity contribution < 1.29 is 8.85 Å². The summed E-state index contributed by atoms with van der Waals surface area (Å²) in [5.41, 5.74) is 0. The first-order chi connectivity index (χ1) is 6.28. The zero-order chi connectivity index (χ0) is 10.1. The molecular weight excluding hydrogens is 196 g/mol. The number of rotatable bonds is 8. The molecule has 0 spiro atoms. The lowest BCUT2D eigenvalue weighted by atomic mass is 10.6. The van der Waals surface area contributed by atoms with E-state index in [2.05, 4.69) is 13.8 Å². The van der Waals surface area contributed by atoms with Gasteiger partial charge in [-0.3, -0.25) is 0 Å². The van der Waals surface area contributed by atoms with Crippen molar-refractivity contribution in [3.63, 3.8) is 0 Å². The highest BCUT2D eigenvalue weighted by molar-refractivity contribution is 6.53. The Morgan fingerprint density at radius 1 is 0.846 bits per heavy atom. The molecule has 0 aliphatic rings. The molecule has 0 heterocycles. The highest BCUT2D eigenvalue weighted by Gasteiger charge is 2.10. The first kappa shape index (κ1) is 13.4. The molecular formula is C9H24O2Si2. The molecule has 0 fully saturated rings. The Balaban J connectivity index is 3.41. The van der Waals surface area contributed by atoms with Gasteiger partial charge < -0.3 is 8.85 Å². The molecule has 0 aromatic heterocycles. The molecule has 0 bridgehead atoms. The molecule has 0 saturated carbocycles. The van der Waals surface area contributed by atoms with Crippen molar-refractivity contribution in [2.45, 2.75) is 44.4 Å². The van der Waals surface area contributed by atoms with Crippen LogP contribution in [-0.2, 0) is 8.85 Å². The third kappa shape index (κ3) is 6.43. The Morgan fingerprint density at radius 3 is 1.46 bits per heavy atom. The van der Waals surface area contributed by atoms with Crippen LogP contribution in [0, 0.1) is 0 Å². The fourth-order valence-electron chi connectivity index (χ4n) is 1.55. The molecule has 80 valence electrons. The minimum atomic E-state index is -0.806. The van der Waals surface area contributed by atoms with Gasteiger partial charge >= 0.3 is 0 Å². The highest BCUT2D eigenvalue weighted by Crippen LogP contribution is 2.10. The Kier molecular flexibility index (Phi) is 9.17. The number of hydrogen-bond acceptors (Lipinski definition) is 2. The lowest BCUT2D eigenvalue weighted by Gasteiger charge is -2.13. The topological polar surface area (TPSA) is 18.5 Å². The van der Waals surface area contributed by atoms with Crippen LogP contribution in [0.4, 0.5) is 0 Å². The van der Waals surface area contributed by atoms with E-state index in [0.29, 0.717) is 0 Å². The van der Waals surface area contributed by atoms with Gasteiger partial charge in [0.15, 0.2) is 18.1 Å². The van der Waals surface area contributed by atoms with Gasteiger partial charge in [-0.05, 0) is 24.2 Å². The fraction of sp³-hybridized carbons (Fsp3) is 1.00. The van der Waals surface area contributed by atoms with Gasteiger partial charge in [0.1, 0.15) is 0 Å². The van der Waals surface area contributed by atoms with Gasteiger partial charge in [0.05, 0.1) is 0 Å². The third-order valence-electron chi connectivity index (χ3n) is 2.63. The molecule has 0 aliphatic carbocycles. The van der Waals surface area contributed by atoms with E-state index in [9.17, 15) is 0 Å². The quantitative estimate of drug-likeness (QED) is 0.584. The van der Waals surface area contributed by atoms with E-state index in [4.69, 9.17) is 8.85 Å². The van der Waals surface area contributed by atoms with E-state index in [0.717, 1.165) is 0 Å². The Morgan fingerprint density at radius 2 is 1.23 bits per heavy atom. The summed E-state index contributed by atoms with van der Waals surface area (Å²) in [6, 6.07) is 5.20. The molecule has 13 heavy (non-hydrogen) atoms. The van der Waals surface area contributed by atoms with Crippen molar-refractivity contribution in [3.05, 3.63) is 0 Å². The maximum atomic E-state index is 5.46. The average Bonchev–Trinajstić information content (AvgIpc) is 2.19. The first-order valence-electron chi connectivity index (χ1n) is 5.34. The van der Waals surface area contributed by atoms with Crippen LogP contribution in [0.1, 0.15) is 20.3 Å². The predicted molar refractivity (Wildman–Crippen MR) is 63.5 cm³/mol. The molecule has 0 amide bonds. The van der Waals surface area contributed by atoms with Gasteiger partial charge in [0.2, 0.25) is 0 Å². The van der Waals surface area contributed by atoms with E-state index in [-0.39, 0.29) is 0 Å². The molecule has 0 aliphatic heterocycles. The highest BCUT2D eigenvalue weighted by atomic mass is 28.3. The second kappa shape index (κ2) is 8.93. The summed E-state index contributed by atoms with van der Waals surface area (Å²) < 4.78 is 10.9. The van der Waals surface area contributed by atoms with Crippen LogP contribution < -0.4 is 0 Å². The minimum Gasteiger partial charge on any atom is -0.423 e. The molecule has 0 radical (unpaired) electrons. The van der Waals surface area contributed by atoms with Crippen LogP contribution in [0.2, 0.25) is 24.2 Å². The smallest absolute Gasteiger partial charge is 0.176 e. The van der Waals surface area contributed by atoms with E-state index in [1.165, 1.54) is 30.6 Å². The summed E-state index contributed by atoms with van der Waals surface area (Å²) >= 11 is 0. The molecule has 0 aromatic rings. The van der Waals surface area contributed by atoms with Crippen LogP contribution in [0.5, 0.6) is 0 Å². The normalized spacial score (nSPS) is 15.7. The van der Waals surface area contributed by atoms with Crippen molar-refractivity contribution in [1.29, 1.82) is 0 Å². The maximum Gasteiger partial charge on any atom is 0.176 e. The zero-order valence-electron chi connectivity index (χ0n) is 9.51. The van der Waals surface area contributed by atoms with E-state index in [1.54, 1.807) is 0 Å². The molecule has 0 N–H and O–H groups in total. The van der Waals surface area contributed by atoms with Crippen molar-refractivity contribution in [2.24, 2.45) is 0 Å². The second-order valence-electron chi connectivity index (χ2n) is 3.46. The lowest BCUT2D eigenvalue weighted by Crippen LogP contribution is -2.17. The van der Waals surface area contributed by atoms with Crippen LogP contribution in [0.15, 0.2) is 0 Å². The molecule has 0 rings (SSSR count). The van der Waals surface area contributed by atoms with Gasteiger partial charge in [-0.25, -0.2) is 0 Å². The summed E-state index contributed by atoms with van der Waals surface area (Å²) in [5, 5.41) is 0. The molecule has 0 saturated heterocycles. The first-order valence-corrected chi connectivity index (χ1v) is 9.54. The summed E-state index contributed by atoms with van der Waals surface area (Å²) in [7, 11) is 2.12. The average molecular weight is 220 g/mol. The molecule has 2 unspecified atom stereocenters. The van der Waals surface area contributed by atoms with Gasteiger partial charge in [-0.1, -0.05) is 20.3 Å². The maximum absolute atomic E-state index is 5.46. The zero-order valence-corrected chi connectivity index (χ0v) is 11.8. The van der Waals surface area contributed by atoms with Crippen molar-refractivity contribution >= 4 is 18.1 Å². The van der Waals surface area contributed by atoms with Gasteiger partial charge in [-0.2, -0.15) is 0 Å². The van der Waals surface area contributed by atoms with Crippen LogP contribution in [-0.4, -0.2) is 32.3 Å². The monoisotopic (exact) mass is 220 g/mol. The van der Waals surface area contributed by atoms with Crippen LogP contribution in [0.3, 0.4) is 0 Å². The summed E-state index contributed by atoms with van der Waals surface area (Å²) in [4.78, 5) is 0. The van der Waals surface area contributed by atoms with Crippen molar-refractivity contribution in [2.75, 3.05) is 14.2 Å². The third-order valence-corrected chi connectivity index (χ3v) is 7.89. The van der Waals surface area contributed by atoms with E-state index in [1.807, 2.05) is 14.2 Å². The molecule has 4 heteroatoms. The van der Waals surface area contributed by atoms with Crippen LogP contribution in [0.25, 0.3) is 0 Å². The van der Waals surface area contributed by atoms with Crippen molar-refractivity contribution in [1.82, 2.24) is 0 Å². The van der Waals surface area contributed by atoms with Gasteiger partial charge in [0.25, 0.3) is 0 Å². The summed E-state index contributed by atoms with van der Waals surface area (Å²) in [6.45, 7) is 4.48. The SMILES string of the molecule is CC[SiH](CCC[SiH](CC)OC)OC. The van der Waals surface area contributed by atoms with E-state index < -0.39 is 18.1 Å². The van der Waals surface area contributed by atoms with Crippen LogP contribution >= 0.6 is 0 Å². The largest absolute Gasteiger partial charge is 0.423 e. The van der Waals surface area contributed by atoms with E-state index >= 15 is 0 Å². The minimum absolute atomic E-state index is 0.806. The standard InChI is InChI=1S/C9H24O2Si2/c1-5-12(10-3)8-7-9-13(6-2)11-4/h12-13H,5-9H2,1-4H3. The summed E-state index contributed by atoms with van der Waals surface area (Å²) in [5.74, 6) is 0. The van der Waals surface area contributed by atoms with Gasteiger partial charge in [0, 0.05) is 14.2 Å². The molecule has 0 aromatic carbocycles. The second-order valence-corrected chi connectivity index (χ2v) is 9.68. The number of hydrogen-bond donors (Lipinski definition) is 0. The predicted octanol–water partition coefficient (Wildman–Crippen LogP) is 2.16. The molecule has 2 nitrogen and oxygen atoms in total. The Hall–Kier alpha value is 0.354. The lowest BCUT2D eigenvalue weighted by molar-refractivity contribution is 0.411. The van der Waals surface area contributed by atoms with Gasteiger partial charge in [-0.15, -0.1) is 0 Å². The Labute approximate surface area is 86.1 Å².